The molecule has 0 atom stereocenters. The van der Waals surface area contributed by atoms with E-state index >= 15 is 0 Å². The quantitative estimate of drug-likeness (QED) is 0.266. The van der Waals surface area contributed by atoms with Crippen molar-refractivity contribution in [3.05, 3.63) is 29.8 Å². The highest BCUT2D eigenvalue weighted by atomic mass is 16.3. The number of aliphatic hydroxyl groups is 1. The highest BCUT2D eigenvalue weighted by Crippen LogP contribution is 2.14. The van der Waals surface area contributed by atoms with Gasteiger partial charge in [-0.25, -0.2) is 0 Å². The minimum Gasteiger partial charge on any atom is -0.392 e. The highest BCUT2D eigenvalue weighted by Gasteiger charge is 1.96. The highest BCUT2D eigenvalue weighted by molar-refractivity contribution is 5.44. The number of rotatable bonds is 18. The Bertz CT molecular complexity index is 401. The van der Waals surface area contributed by atoms with Crippen LogP contribution in [0.1, 0.15) is 109 Å². The van der Waals surface area contributed by atoms with E-state index < -0.39 is 0 Å². The van der Waals surface area contributed by atoms with E-state index in [9.17, 15) is 0 Å². The Morgan fingerprint density at radius 2 is 1.04 bits per heavy atom. The lowest BCUT2D eigenvalue weighted by atomic mass is 10.0. The molecule has 2 heteroatoms. The first kappa shape index (κ1) is 23.0. The number of unbranched alkanes of at least 4 members (excludes halogenated alkanes) is 14. The zero-order valence-corrected chi connectivity index (χ0v) is 17.3. The second-order valence-electron chi connectivity index (χ2n) is 7.73. The second kappa shape index (κ2) is 17.4. The molecule has 0 radical (unpaired) electrons. The molecule has 0 amide bonds. The monoisotopic (exact) mass is 361 g/mol. The molecule has 0 unspecified atom stereocenters. The zero-order valence-electron chi connectivity index (χ0n) is 17.3. The van der Waals surface area contributed by atoms with E-state index in [0.29, 0.717) is 0 Å². The molecular weight excluding hydrogens is 318 g/mol. The Morgan fingerprint density at radius 3 is 1.46 bits per heavy atom. The number of aliphatic hydroxyl groups excluding tert-OH is 1. The van der Waals surface area contributed by atoms with E-state index in [1.807, 2.05) is 12.1 Å². The van der Waals surface area contributed by atoms with E-state index in [2.05, 4.69) is 24.4 Å². The average Bonchev–Trinajstić information content (AvgIpc) is 2.68. The van der Waals surface area contributed by atoms with Gasteiger partial charge in [-0.3, -0.25) is 0 Å². The van der Waals surface area contributed by atoms with Crippen molar-refractivity contribution < 1.29 is 5.11 Å². The van der Waals surface area contributed by atoms with Crippen LogP contribution in [-0.2, 0) is 6.61 Å². The van der Waals surface area contributed by atoms with Crippen molar-refractivity contribution in [2.75, 3.05) is 11.9 Å². The molecule has 2 nitrogen and oxygen atoms in total. The molecule has 0 aromatic heterocycles. The van der Waals surface area contributed by atoms with Crippen LogP contribution >= 0.6 is 0 Å². The predicted octanol–water partition coefficient (Wildman–Crippen LogP) is 7.46. The maximum Gasteiger partial charge on any atom is 0.0681 e. The molecule has 1 aromatic carbocycles. The van der Waals surface area contributed by atoms with Gasteiger partial charge in [-0.15, -0.1) is 0 Å². The first-order chi connectivity index (χ1) is 12.9. The van der Waals surface area contributed by atoms with Crippen molar-refractivity contribution in [2.45, 2.75) is 110 Å². The van der Waals surface area contributed by atoms with Crippen molar-refractivity contribution >= 4 is 5.69 Å². The molecule has 0 fully saturated rings. The summed E-state index contributed by atoms with van der Waals surface area (Å²) in [4.78, 5) is 0. The van der Waals surface area contributed by atoms with Gasteiger partial charge >= 0.3 is 0 Å². The molecule has 0 heterocycles. The second-order valence-corrected chi connectivity index (χ2v) is 7.73. The number of hydrogen-bond acceptors (Lipinski definition) is 2. The average molecular weight is 362 g/mol. The number of anilines is 1. The first-order valence-electron chi connectivity index (χ1n) is 11.3. The summed E-state index contributed by atoms with van der Waals surface area (Å²) in [6, 6.07) is 8.07. The molecule has 0 aliphatic carbocycles. The van der Waals surface area contributed by atoms with Crippen LogP contribution in [0, 0.1) is 0 Å². The van der Waals surface area contributed by atoms with Gasteiger partial charge in [0.1, 0.15) is 0 Å². The van der Waals surface area contributed by atoms with Crippen molar-refractivity contribution in [3.63, 3.8) is 0 Å². The fourth-order valence-corrected chi connectivity index (χ4v) is 3.46. The molecule has 0 saturated heterocycles. The molecule has 0 aliphatic rings. The molecule has 2 N–H and O–H groups in total. The third-order valence-corrected chi connectivity index (χ3v) is 5.25. The molecule has 1 aromatic rings. The van der Waals surface area contributed by atoms with E-state index in [4.69, 9.17) is 5.11 Å². The van der Waals surface area contributed by atoms with Crippen molar-refractivity contribution in [1.29, 1.82) is 0 Å². The lowest BCUT2D eigenvalue weighted by Gasteiger charge is -2.07. The topological polar surface area (TPSA) is 32.3 Å². The van der Waals surface area contributed by atoms with Gasteiger partial charge in [0.2, 0.25) is 0 Å². The summed E-state index contributed by atoms with van der Waals surface area (Å²) in [7, 11) is 0. The summed E-state index contributed by atoms with van der Waals surface area (Å²) in [6.07, 6.45) is 21.2. The number of benzene rings is 1. The summed E-state index contributed by atoms with van der Waals surface area (Å²) < 4.78 is 0. The van der Waals surface area contributed by atoms with Crippen LogP contribution in [-0.4, -0.2) is 11.7 Å². The van der Waals surface area contributed by atoms with Crippen LogP contribution in [0.25, 0.3) is 0 Å². The Hall–Kier alpha value is -1.02. The smallest absolute Gasteiger partial charge is 0.0681 e. The van der Waals surface area contributed by atoms with Gasteiger partial charge in [-0.2, -0.15) is 0 Å². The summed E-state index contributed by atoms with van der Waals surface area (Å²) >= 11 is 0. The summed E-state index contributed by atoms with van der Waals surface area (Å²) in [6.45, 7) is 3.46. The molecule has 0 spiro atoms. The molecule has 0 aliphatic heterocycles. The van der Waals surface area contributed by atoms with Crippen LogP contribution < -0.4 is 5.32 Å². The van der Waals surface area contributed by atoms with Crippen molar-refractivity contribution in [2.24, 2.45) is 0 Å². The van der Waals surface area contributed by atoms with Gasteiger partial charge < -0.3 is 10.4 Å². The number of hydrogen-bond donors (Lipinski definition) is 2. The van der Waals surface area contributed by atoms with Crippen LogP contribution in [0.3, 0.4) is 0 Å². The van der Waals surface area contributed by atoms with Crippen LogP contribution in [0.5, 0.6) is 0 Å². The predicted molar refractivity (Wildman–Crippen MR) is 116 cm³/mol. The minimum absolute atomic E-state index is 0.124. The molecule has 0 bridgehead atoms. The zero-order chi connectivity index (χ0) is 18.7. The van der Waals surface area contributed by atoms with Gasteiger partial charge in [0.25, 0.3) is 0 Å². The van der Waals surface area contributed by atoms with Gasteiger partial charge in [-0.05, 0) is 24.1 Å². The van der Waals surface area contributed by atoms with E-state index in [1.54, 1.807) is 0 Å². The van der Waals surface area contributed by atoms with Gasteiger partial charge in [0.05, 0.1) is 6.61 Å². The van der Waals surface area contributed by atoms with Gasteiger partial charge in [-0.1, -0.05) is 109 Å². The van der Waals surface area contributed by atoms with Crippen molar-refractivity contribution in [3.8, 4) is 0 Å². The third-order valence-electron chi connectivity index (χ3n) is 5.25. The lowest BCUT2D eigenvalue weighted by molar-refractivity contribution is 0.282. The fraction of sp³-hybridized carbons (Fsp3) is 0.750. The summed E-state index contributed by atoms with van der Waals surface area (Å²) in [5.41, 5.74) is 2.13. The number of nitrogens with one attached hydrogen (secondary N) is 1. The maximum absolute atomic E-state index is 9.03. The van der Waals surface area contributed by atoms with E-state index in [0.717, 1.165) is 17.8 Å². The Labute approximate surface area is 162 Å². The summed E-state index contributed by atoms with van der Waals surface area (Å²) in [5, 5.41) is 12.5. The lowest BCUT2D eigenvalue weighted by Crippen LogP contribution is -2.01. The normalized spacial score (nSPS) is 11.0. The maximum atomic E-state index is 9.03. The third kappa shape index (κ3) is 13.2. The van der Waals surface area contributed by atoms with E-state index in [1.165, 1.54) is 96.3 Å². The first-order valence-corrected chi connectivity index (χ1v) is 11.3. The molecule has 1 rings (SSSR count). The van der Waals surface area contributed by atoms with Crippen LogP contribution in [0.4, 0.5) is 5.69 Å². The van der Waals surface area contributed by atoms with Crippen molar-refractivity contribution in [1.82, 2.24) is 0 Å². The van der Waals surface area contributed by atoms with Gasteiger partial charge in [0.15, 0.2) is 0 Å². The Balaban J connectivity index is 1.76. The fourth-order valence-electron chi connectivity index (χ4n) is 3.46. The summed E-state index contributed by atoms with van der Waals surface area (Å²) in [5.74, 6) is 0. The Kier molecular flexibility index (Phi) is 15.4. The Morgan fingerprint density at radius 1 is 0.615 bits per heavy atom. The largest absolute Gasteiger partial charge is 0.392 e. The molecule has 26 heavy (non-hydrogen) atoms. The van der Waals surface area contributed by atoms with Crippen LogP contribution in [0.15, 0.2) is 24.3 Å². The molecule has 150 valence electrons. The molecule has 0 saturated carbocycles. The minimum atomic E-state index is 0.124. The van der Waals surface area contributed by atoms with E-state index in [-0.39, 0.29) is 6.61 Å². The van der Waals surface area contributed by atoms with Gasteiger partial charge in [0, 0.05) is 12.2 Å². The standard InChI is InChI=1S/C24H43NO/c1-2-3-4-5-6-7-8-9-10-11-12-13-14-15-16-21-25-24-19-17-23(22-26)18-20-24/h17-20,25-26H,2-16,21-22H2,1H3. The SMILES string of the molecule is CCCCCCCCCCCCCCCCCNc1ccc(CO)cc1. The molecular formula is C24H43NO. The van der Waals surface area contributed by atoms with Crippen LogP contribution in [0.2, 0.25) is 0 Å².